The van der Waals surface area contributed by atoms with Crippen molar-refractivity contribution in [2.45, 2.75) is 25.6 Å². The van der Waals surface area contributed by atoms with E-state index >= 15 is 0 Å². The van der Waals surface area contributed by atoms with Gasteiger partial charge in [0.15, 0.2) is 5.79 Å². The van der Waals surface area contributed by atoms with Gasteiger partial charge in [-0.25, -0.2) is 0 Å². The van der Waals surface area contributed by atoms with Gasteiger partial charge >= 0.3 is 5.97 Å². The highest BCUT2D eigenvalue weighted by Crippen LogP contribution is 2.39. The molecule has 7 heteroatoms. The first kappa shape index (κ1) is 17.4. The van der Waals surface area contributed by atoms with Gasteiger partial charge in [-0.3, -0.25) is 14.9 Å². The van der Waals surface area contributed by atoms with Gasteiger partial charge in [-0.2, -0.15) is 0 Å². The average Bonchev–Trinajstić information content (AvgIpc) is 2.94. The Bertz CT molecular complexity index is 541. The van der Waals surface area contributed by atoms with E-state index in [0.717, 1.165) is 0 Å². The number of hydrogen-bond donors (Lipinski definition) is 0. The van der Waals surface area contributed by atoms with Crippen molar-refractivity contribution in [1.82, 2.24) is 0 Å². The number of hydrogen-bond acceptors (Lipinski definition) is 6. The highest BCUT2D eigenvalue weighted by atomic mass is 16.7. The van der Waals surface area contributed by atoms with Gasteiger partial charge in [0.2, 0.25) is 6.54 Å². The van der Waals surface area contributed by atoms with Gasteiger partial charge in [-0.05, 0) is 19.4 Å². The summed E-state index contributed by atoms with van der Waals surface area (Å²) in [6, 6.07) is 8.90. The molecule has 1 saturated heterocycles. The Kier molecular flexibility index (Phi) is 5.68. The van der Waals surface area contributed by atoms with Crippen LogP contribution in [0.15, 0.2) is 30.3 Å². The summed E-state index contributed by atoms with van der Waals surface area (Å²) in [5, 5.41) is 11.2. The van der Waals surface area contributed by atoms with Crippen molar-refractivity contribution >= 4 is 5.97 Å². The first-order valence-corrected chi connectivity index (χ1v) is 7.59. The van der Waals surface area contributed by atoms with E-state index in [1.807, 2.05) is 6.07 Å². The number of ether oxygens (including phenoxy) is 3. The summed E-state index contributed by atoms with van der Waals surface area (Å²) in [5.74, 6) is -3.40. The number of rotatable bonds is 7. The molecule has 0 N–H and O–H groups in total. The maximum absolute atomic E-state index is 12.5. The standard InChI is InChI=1S/C16H21NO6/c1-3-21-15(18)14(16(2)22-9-10-23-16)13(11-17(19)20)12-7-5-4-6-8-12/h4-8,13-14H,3,9-11H2,1-2H3/t13-,14-/m1/s1. The Morgan fingerprint density at radius 3 is 2.48 bits per heavy atom. The van der Waals surface area contributed by atoms with E-state index in [1.54, 1.807) is 38.1 Å². The quantitative estimate of drug-likeness (QED) is 0.433. The summed E-state index contributed by atoms with van der Waals surface area (Å²) in [7, 11) is 0. The molecule has 1 aliphatic rings. The molecule has 0 radical (unpaired) electrons. The second-order valence-corrected chi connectivity index (χ2v) is 5.48. The van der Waals surface area contributed by atoms with E-state index in [-0.39, 0.29) is 6.61 Å². The summed E-state index contributed by atoms with van der Waals surface area (Å²) in [6.45, 7) is 3.79. The van der Waals surface area contributed by atoms with E-state index in [4.69, 9.17) is 14.2 Å². The molecule has 0 aliphatic carbocycles. The van der Waals surface area contributed by atoms with E-state index in [9.17, 15) is 14.9 Å². The topological polar surface area (TPSA) is 87.9 Å². The molecule has 2 rings (SSSR count). The van der Waals surface area contributed by atoms with Crippen molar-refractivity contribution < 1.29 is 23.9 Å². The lowest BCUT2D eigenvalue weighted by atomic mass is 9.80. The van der Waals surface area contributed by atoms with E-state index in [1.165, 1.54) is 0 Å². The Labute approximate surface area is 134 Å². The van der Waals surface area contributed by atoms with Crippen molar-refractivity contribution in [1.29, 1.82) is 0 Å². The van der Waals surface area contributed by atoms with Crippen LogP contribution in [-0.2, 0) is 19.0 Å². The van der Waals surface area contributed by atoms with E-state index in [2.05, 4.69) is 0 Å². The largest absolute Gasteiger partial charge is 0.466 e. The van der Waals surface area contributed by atoms with Gasteiger partial charge in [0.1, 0.15) is 5.92 Å². The number of nitrogens with zero attached hydrogens (tertiary/aromatic N) is 1. The molecule has 1 aromatic rings. The molecule has 126 valence electrons. The predicted octanol–water partition coefficient (Wildman–Crippen LogP) is 1.99. The highest BCUT2D eigenvalue weighted by Gasteiger charge is 2.51. The summed E-state index contributed by atoms with van der Waals surface area (Å²) < 4.78 is 16.4. The Hall–Kier alpha value is -1.99. The van der Waals surface area contributed by atoms with Crippen LogP contribution in [0.5, 0.6) is 0 Å². The molecule has 0 amide bonds. The van der Waals surface area contributed by atoms with Crippen LogP contribution in [0.2, 0.25) is 0 Å². The lowest BCUT2D eigenvalue weighted by molar-refractivity contribution is -0.486. The van der Waals surface area contributed by atoms with Crippen molar-refractivity contribution in [2.24, 2.45) is 5.92 Å². The van der Waals surface area contributed by atoms with Crippen molar-refractivity contribution in [3.8, 4) is 0 Å². The Morgan fingerprint density at radius 1 is 1.35 bits per heavy atom. The van der Waals surface area contributed by atoms with Crippen LogP contribution in [0.1, 0.15) is 25.3 Å². The van der Waals surface area contributed by atoms with Crippen molar-refractivity contribution in [3.05, 3.63) is 46.0 Å². The molecule has 7 nitrogen and oxygen atoms in total. The number of nitro groups is 1. The van der Waals surface area contributed by atoms with Crippen LogP contribution in [0.3, 0.4) is 0 Å². The second kappa shape index (κ2) is 7.52. The second-order valence-electron chi connectivity index (χ2n) is 5.48. The van der Waals surface area contributed by atoms with Gasteiger partial charge in [-0.15, -0.1) is 0 Å². The molecule has 2 atom stereocenters. The lowest BCUT2D eigenvalue weighted by Crippen LogP contribution is -2.46. The average molecular weight is 323 g/mol. The first-order chi connectivity index (χ1) is 11.0. The third-order valence-corrected chi connectivity index (χ3v) is 3.94. The third-order valence-electron chi connectivity index (χ3n) is 3.94. The molecular weight excluding hydrogens is 302 g/mol. The van der Waals surface area contributed by atoms with Gasteiger partial charge < -0.3 is 14.2 Å². The van der Waals surface area contributed by atoms with Gasteiger partial charge in [-0.1, -0.05) is 30.3 Å². The smallest absolute Gasteiger partial charge is 0.315 e. The molecule has 1 heterocycles. The monoisotopic (exact) mass is 323 g/mol. The molecule has 1 fully saturated rings. The fourth-order valence-electron chi connectivity index (χ4n) is 2.95. The van der Waals surface area contributed by atoms with Gasteiger partial charge in [0.05, 0.1) is 25.7 Å². The maximum Gasteiger partial charge on any atom is 0.315 e. The number of benzene rings is 1. The van der Waals surface area contributed by atoms with Crippen LogP contribution in [0.4, 0.5) is 0 Å². The molecule has 0 aromatic heterocycles. The highest BCUT2D eigenvalue weighted by molar-refractivity contribution is 5.75. The van der Waals surface area contributed by atoms with E-state index < -0.39 is 35.1 Å². The fourth-order valence-corrected chi connectivity index (χ4v) is 2.95. The Morgan fingerprint density at radius 2 is 1.96 bits per heavy atom. The van der Waals surface area contributed by atoms with Crippen LogP contribution >= 0.6 is 0 Å². The SMILES string of the molecule is CCOC(=O)[C@@H]([C@H](C[N+](=O)[O-])c1ccccc1)C1(C)OCCO1. The zero-order valence-corrected chi connectivity index (χ0v) is 13.3. The summed E-state index contributed by atoms with van der Waals surface area (Å²) in [6.07, 6.45) is 0. The zero-order chi connectivity index (χ0) is 16.9. The molecule has 1 aliphatic heterocycles. The maximum atomic E-state index is 12.5. The minimum absolute atomic E-state index is 0.186. The number of carbonyl (C=O) groups excluding carboxylic acids is 1. The van der Waals surface area contributed by atoms with Crippen molar-refractivity contribution in [2.75, 3.05) is 26.4 Å². The van der Waals surface area contributed by atoms with Crippen LogP contribution in [-0.4, -0.2) is 43.0 Å². The summed E-state index contributed by atoms with van der Waals surface area (Å²) >= 11 is 0. The molecular formula is C16H21NO6. The van der Waals surface area contributed by atoms with E-state index in [0.29, 0.717) is 18.8 Å². The van der Waals surface area contributed by atoms with Crippen LogP contribution in [0.25, 0.3) is 0 Å². The Balaban J connectivity index is 2.42. The predicted molar refractivity (Wildman–Crippen MR) is 81.5 cm³/mol. The number of carbonyl (C=O) groups is 1. The molecule has 0 bridgehead atoms. The molecule has 23 heavy (non-hydrogen) atoms. The summed E-state index contributed by atoms with van der Waals surface area (Å²) in [5.41, 5.74) is 0.683. The van der Waals surface area contributed by atoms with Crippen molar-refractivity contribution in [3.63, 3.8) is 0 Å². The fraction of sp³-hybridized carbons (Fsp3) is 0.562. The third kappa shape index (κ3) is 4.05. The minimum atomic E-state index is -1.23. The summed E-state index contributed by atoms with van der Waals surface area (Å²) in [4.78, 5) is 23.3. The first-order valence-electron chi connectivity index (χ1n) is 7.59. The minimum Gasteiger partial charge on any atom is -0.466 e. The molecule has 0 saturated carbocycles. The number of esters is 1. The molecule has 0 spiro atoms. The lowest BCUT2D eigenvalue weighted by Gasteiger charge is -2.34. The van der Waals surface area contributed by atoms with Crippen LogP contribution in [0, 0.1) is 16.0 Å². The van der Waals surface area contributed by atoms with Gasteiger partial charge in [0.25, 0.3) is 0 Å². The zero-order valence-electron chi connectivity index (χ0n) is 13.3. The molecule has 0 unspecified atom stereocenters. The van der Waals surface area contributed by atoms with Crippen LogP contribution < -0.4 is 0 Å². The normalized spacial score (nSPS) is 19.0. The van der Waals surface area contributed by atoms with Gasteiger partial charge in [0, 0.05) is 4.92 Å². The molecule has 1 aromatic carbocycles.